The molecule has 1 amide bonds. The van der Waals surface area contributed by atoms with Crippen molar-refractivity contribution < 1.29 is 4.79 Å². The molecule has 1 atom stereocenters. The summed E-state index contributed by atoms with van der Waals surface area (Å²) in [6.07, 6.45) is 3.37. The number of H-pyrrole nitrogens is 1. The van der Waals surface area contributed by atoms with Crippen LogP contribution >= 0.6 is 0 Å². The highest BCUT2D eigenvalue weighted by molar-refractivity contribution is 5.78. The van der Waals surface area contributed by atoms with Gasteiger partial charge in [0.2, 0.25) is 5.91 Å². The van der Waals surface area contributed by atoms with Crippen LogP contribution in [-0.2, 0) is 11.2 Å². The summed E-state index contributed by atoms with van der Waals surface area (Å²) in [4.78, 5) is 22.9. The third-order valence-corrected chi connectivity index (χ3v) is 5.04. The van der Waals surface area contributed by atoms with E-state index in [0.29, 0.717) is 6.42 Å². The number of hydrogen-bond donors (Lipinski definition) is 1. The van der Waals surface area contributed by atoms with E-state index in [1.54, 1.807) is 0 Å². The first-order valence-corrected chi connectivity index (χ1v) is 9.00. The number of nitrogens with zero attached hydrogens (tertiary/aromatic N) is 2. The van der Waals surface area contributed by atoms with E-state index in [9.17, 15) is 4.79 Å². The number of carbonyl (C=O) groups is 1. The largest absolute Gasteiger partial charge is 0.340 e. The first-order chi connectivity index (χ1) is 12.2. The average molecular weight is 333 g/mol. The van der Waals surface area contributed by atoms with Crippen LogP contribution in [0.5, 0.6) is 0 Å². The zero-order valence-corrected chi connectivity index (χ0v) is 14.5. The second-order valence-electron chi connectivity index (χ2n) is 6.87. The zero-order chi connectivity index (χ0) is 17.2. The minimum Gasteiger partial charge on any atom is -0.340 e. The molecule has 3 aromatic rings. The molecule has 2 heterocycles. The fourth-order valence-corrected chi connectivity index (χ4v) is 3.63. The molecule has 1 aliphatic heterocycles. The van der Waals surface area contributed by atoms with E-state index in [1.165, 1.54) is 11.1 Å². The first kappa shape index (κ1) is 15.9. The zero-order valence-electron chi connectivity index (χ0n) is 14.5. The Labute approximate surface area is 147 Å². The Balaban J connectivity index is 1.46. The van der Waals surface area contributed by atoms with Crippen LogP contribution in [0.4, 0.5) is 0 Å². The highest BCUT2D eigenvalue weighted by Gasteiger charge is 2.31. The Kier molecular flexibility index (Phi) is 4.26. The number of imidazole rings is 1. The lowest BCUT2D eigenvalue weighted by Crippen LogP contribution is -2.31. The Morgan fingerprint density at radius 2 is 2.00 bits per heavy atom. The van der Waals surface area contributed by atoms with Crippen molar-refractivity contribution in [3.05, 3.63) is 65.5 Å². The van der Waals surface area contributed by atoms with Crippen molar-refractivity contribution in [3.8, 4) is 0 Å². The maximum absolute atomic E-state index is 12.8. The highest BCUT2D eigenvalue weighted by atomic mass is 16.2. The molecule has 128 valence electrons. The van der Waals surface area contributed by atoms with Crippen molar-refractivity contribution in [3.63, 3.8) is 0 Å². The summed E-state index contributed by atoms with van der Waals surface area (Å²) in [5.74, 6) is 1.14. The summed E-state index contributed by atoms with van der Waals surface area (Å²) in [5, 5.41) is 0. The third-order valence-electron chi connectivity index (χ3n) is 5.04. The van der Waals surface area contributed by atoms with Crippen molar-refractivity contribution >= 4 is 16.9 Å². The van der Waals surface area contributed by atoms with Crippen molar-refractivity contribution in [1.82, 2.24) is 14.9 Å². The number of rotatable bonds is 4. The van der Waals surface area contributed by atoms with Gasteiger partial charge in [-0.25, -0.2) is 4.98 Å². The molecule has 2 aromatic carbocycles. The van der Waals surface area contributed by atoms with Gasteiger partial charge in [-0.15, -0.1) is 0 Å². The van der Waals surface area contributed by atoms with Crippen LogP contribution in [-0.4, -0.2) is 27.3 Å². The van der Waals surface area contributed by atoms with Crippen molar-refractivity contribution in [2.45, 2.75) is 38.6 Å². The average Bonchev–Trinajstić information content (AvgIpc) is 3.27. The van der Waals surface area contributed by atoms with Crippen molar-refractivity contribution in [2.75, 3.05) is 6.54 Å². The Hall–Kier alpha value is -2.62. The SMILES string of the molecule is Cc1ccc(CCC(=O)N2CCC[C@H]2c2nc3ccccc3[nH]2)cc1. The van der Waals surface area contributed by atoms with Crippen LogP contribution in [0.15, 0.2) is 48.5 Å². The van der Waals surface area contributed by atoms with E-state index in [-0.39, 0.29) is 11.9 Å². The number of hydrogen-bond acceptors (Lipinski definition) is 2. The Morgan fingerprint density at radius 3 is 2.80 bits per heavy atom. The smallest absolute Gasteiger partial charge is 0.223 e. The molecule has 1 saturated heterocycles. The minimum atomic E-state index is 0.0814. The lowest BCUT2D eigenvalue weighted by molar-refractivity contribution is -0.132. The predicted molar refractivity (Wildman–Crippen MR) is 99.3 cm³/mol. The number of likely N-dealkylation sites (tertiary alicyclic amines) is 1. The van der Waals surface area contributed by atoms with Crippen LogP contribution in [0.1, 0.15) is 42.3 Å². The Morgan fingerprint density at radius 1 is 1.20 bits per heavy atom. The van der Waals surface area contributed by atoms with Crippen LogP contribution in [0.3, 0.4) is 0 Å². The number of benzene rings is 2. The molecule has 4 rings (SSSR count). The molecule has 0 spiro atoms. The minimum absolute atomic E-state index is 0.0814. The van der Waals surface area contributed by atoms with E-state index in [0.717, 1.165) is 42.7 Å². The number of aromatic amines is 1. The topological polar surface area (TPSA) is 49.0 Å². The molecule has 4 heteroatoms. The maximum Gasteiger partial charge on any atom is 0.223 e. The molecule has 0 saturated carbocycles. The van der Waals surface area contributed by atoms with Gasteiger partial charge >= 0.3 is 0 Å². The maximum atomic E-state index is 12.8. The quantitative estimate of drug-likeness (QED) is 0.779. The van der Waals surface area contributed by atoms with Gasteiger partial charge in [0.25, 0.3) is 0 Å². The molecule has 25 heavy (non-hydrogen) atoms. The van der Waals surface area contributed by atoms with Gasteiger partial charge in [0.15, 0.2) is 0 Å². The summed E-state index contributed by atoms with van der Waals surface area (Å²) in [7, 11) is 0. The molecular weight excluding hydrogens is 310 g/mol. The summed E-state index contributed by atoms with van der Waals surface area (Å²) in [6, 6.07) is 16.6. The standard InChI is InChI=1S/C21H23N3O/c1-15-8-10-16(11-9-15)12-13-20(25)24-14-4-7-19(24)21-22-17-5-2-3-6-18(17)23-21/h2-3,5-6,8-11,19H,4,7,12-14H2,1H3,(H,22,23)/t19-/m0/s1. The second kappa shape index (κ2) is 6.71. The van der Waals surface area contributed by atoms with Crippen LogP contribution in [0, 0.1) is 6.92 Å². The molecule has 1 aliphatic rings. The Bertz CT molecular complexity index is 849. The van der Waals surface area contributed by atoms with Gasteiger partial charge in [-0.05, 0) is 43.9 Å². The number of aryl methyl sites for hydroxylation is 2. The summed E-state index contributed by atoms with van der Waals surface area (Å²) in [5.41, 5.74) is 4.48. The fourth-order valence-electron chi connectivity index (χ4n) is 3.63. The van der Waals surface area contributed by atoms with Gasteiger partial charge in [-0.1, -0.05) is 42.0 Å². The number of para-hydroxylation sites is 2. The van der Waals surface area contributed by atoms with Gasteiger partial charge < -0.3 is 9.88 Å². The molecule has 0 aliphatic carbocycles. The lowest BCUT2D eigenvalue weighted by atomic mass is 10.1. The van der Waals surface area contributed by atoms with E-state index >= 15 is 0 Å². The van der Waals surface area contributed by atoms with Crippen molar-refractivity contribution in [2.24, 2.45) is 0 Å². The fraction of sp³-hybridized carbons (Fsp3) is 0.333. The molecular formula is C21H23N3O. The molecule has 0 radical (unpaired) electrons. The first-order valence-electron chi connectivity index (χ1n) is 9.00. The number of aromatic nitrogens is 2. The van der Waals surface area contributed by atoms with Gasteiger partial charge in [-0.2, -0.15) is 0 Å². The van der Waals surface area contributed by atoms with Gasteiger partial charge in [0, 0.05) is 13.0 Å². The molecule has 1 aromatic heterocycles. The van der Waals surface area contributed by atoms with Gasteiger partial charge in [0.1, 0.15) is 5.82 Å². The van der Waals surface area contributed by atoms with Gasteiger partial charge in [0.05, 0.1) is 17.1 Å². The normalized spacial score (nSPS) is 17.3. The van der Waals surface area contributed by atoms with Crippen LogP contribution in [0.2, 0.25) is 0 Å². The number of fused-ring (bicyclic) bond motifs is 1. The van der Waals surface area contributed by atoms with E-state index in [1.807, 2.05) is 29.2 Å². The van der Waals surface area contributed by atoms with E-state index in [4.69, 9.17) is 4.98 Å². The predicted octanol–water partition coefficient (Wildman–Crippen LogP) is 4.17. The lowest BCUT2D eigenvalue weighted by Gasteiger charge is -2.23. The van der Waals surface area contributed by atoms with E-state index < -0.39 is 0 Å². The molecule has 0 unspecified atom stereocenters. The number of carbonyl (C=O) groups excluding carboxylic acids is 1. The third kappa shape index (κ3) is 3.29. The molecule has 4 nitrogen and oxygen atoms in total. The molecule has 1 N–H and O–H groups in total. The second-order valence-corrected chi connectivity index (χ2v) is 6.87. The van der Waals surface area contributed by atoms with Crippen molar-refractivity contribution in [1.29, 1.82) is 0 Å². The number of amides is 1. The number of nitrogens with one attached hydrogen (secondary N) is 1. The summed E-state index contributed by atoms with van der Waals surface area (Å²) < 4.78 is 0. The summed E-state index contributed by atoms with van der Waals surface area (Å²) in [6.45, 7) is 2.91. The molecule has 1 fully saturated rings. The van der Waals surface area contributed by atoms with Crippen LogP contribution < -0.4 is 0 Å². The van der Waals surface area contributed by atoms with E-state index in [2.05, 4.69) is 36.2 Å². The monoisotopic (exact) mass is 333 g/mol. The molecule has 0 bridgehead atoms. The highest BCUT2D eigenvalue weighted by Crippen LogP contribution is 2.32. The van der Waals surface area contributed by atoms with Gasteiger partial charge in [-0.3, -0.25) is 4.79 Å². The van der Waals surface area contributed by atoms with Crippen LogP contribution in [0.25, 0.3) is 11.0 Å². The summed E-state index contributed by atoms with van der Waals surface area (Å²) >= 11 is 0.